The number of hydrogen-bond acceptors (Lipinski definition) is 3. The molecule has 2 rings (SSSR count). The summed E-state index contributed by atoms with van der Waals surface area (Å²) in [5, 5.41) is 6.37. The molecule has 2 aromatic rings. The lowest BCUT2D eigenvalue weighted by Gasteiger charge is -2.07. The van der Waals surface area contributed by atoms with E-state index >= 15 is 0 Å². The Kier molecular flexibility index (Phi) is 6.33. The van der Waals surface area contributed by atoms with Gasteiger partial charge in [0.1, 0.15) is 0 Å². The van der Waals surface area contributed by atoms with Gasteiger partial charge < -0.3 is 10.6 Å². The topological polar surface area (TPSA) is 58.2 Å². The minimum atomic E-state index is -0.168. The largest absolute Gasteiger partial charge is 0.326 e. The number of hydrogen-bond donors (Lipinski definition) is 2. The number of rotatable bonds is 5. The van der Waals surface area contributed by atoms with Crippen molar-refractivity contribution >= 4 is 58.2 Å². The van der Waals surface area contributed by atoms with Gasteiger partial charge in [-0.2, -0.15) is 0 Å². The SMILES string of the molecule is CC(=O)Nc1cccc(SCC(=O)Nc2cc(Cl)cc(Cl)c2)c1. The van der Waals surface area contributed by atoms with Crippen molar-refractivity contribution in [1.29, 1.82) is 0 Å². The van der Waals surface area contributed by atoms with Crippen molar-refractivity contribution in [3.63, 3.8) is 0 Å². The van der Waals surface area contributed by atoms with Gasteiger partial charge in [0, 0.05) is 33.2 Å². The molecule has 0 atom stereocenters. The first-order chi connectivity index (χ1) is 10.9. The van der Waals surface area contributed by atoms with E-state index in [1.807, 2.05) is 18.2 Å². The predicted octanol–water partition coefficient (Wildman–Crippen LogP) is 4.68. The molecule has 0 aliphatic rings. The number of nitrogens with one attached hydrogen (secondary N) is 2. The summed E-state index contributed by atoms with van der Waals surface area (Å²) in [5.41, 5.74) is 1.25. The molecule has 0 radical (unpaired) electrons. The average molecular weight is 369 g/mol. The van der Waals surface area contributed by atoms with Crippen LogP contribution in [-0.2, 0) is 9.59 Å². The molecule has 7 heteroatoms. The van der Waals surface area contributed by atoms with Crippen molar-refractivity contribution in [1.82, 2.24) is 0 Å². The third-order valence-corrected chi connectivity index (χ3v) is 4.10. The van der Waals surface area contributed by atoms with Crippen LogP contribution < -0.4 is 10.6 Å². The van der Waals surface area contributed by atoms with Crippen LogP contribution in [0.1, 0.15) is 6.92 Å². The normalized spacial score (nSPS) is 10.2. The van der Waals surface area contributed by atoms with Crippen LogP contribution in [0.2, 0.25) is 10.0 Å². The fourth-order valence-corrected chi connectivity index (χ4v) is 3.12. The summed E-state index contributed by atoms with van der Waals surface area (Å²) in [4.78, 5) is 23.9. The van der Waals surface area contributed by atoms with Crippen molar-refractivity contribution in [2.24, 2.45) is 0 Å². The standard InChI is InChI=1S/C16H14Cl2N2O2S/c1-10(21)19-13-3-2-4-15(8-13)23-9-16(22)20-14-6-11(17)5-12(18)7-14/h2-8H,9H2,1H3,(H,19,21)(H,20,22). The smallest absolute Gasteiger partial charge is 0.234 e. The number of halogens is 2. The van der Waals surface area contributed by atoms with Gasteiger partial charge in [-0.1, -0.05) is 29.3 Å². The fraction of sp³-hybridized carbons (Fsp3) is 0.125. The number of thioether (sulfide) groups is 1. The van der Waals surface area contributed by atoms with E-state index in [0.717, 1.165) is 4.90 Å². The van der Waals surface area contributed by atoms with Gasteiger partial charge in [0.05, 0.1) is 5.75 Å². The monoisotopic (exact) mass is 368 g/mol. The summed E-state index contributed by atoms with van der Waals surface area (Å²) in [6.45, 7) is 1.45. The van der Waals surface area contributed by atoms with Crippen molar-refractivity contribution in [3.05, 3.63) is 52.5 Å². The van der Waals surface area contributed by atoms with E-state index in [9.17, 15) is 9.59 Å². The van der Waals surface area contributed by atoms with Gasteiger partial charge in [-0.05, 0) is 36.4 Å². The quantitative estimate of drug-likeness (QED) is 0.753. The number of amides is 2. The minimum absolute atomic E-state index is 0.136. The van der Waals surface area contributed by atoms with E-state index in [4.69, 9.17) is 23.2 Å². The Hall–Kier alpha value is -1.69. The Morgan fingerprint density at radius 1 is 1.00 bits per heavy atom. The summed E-state index contributed by atoms with van der Waals surface area (Å²) in [6.07, 6.45) is 0. The van der Waals surface area contributed by atoms with E-state index in [0.29, 0.717) is 21.4 Å². The van der Waals surface area contributed by atoms with Crippen LogP contribution in [-0.4, -0.2) is 17.6 Å². The lowest BCUT2D eigenvalue weighted by Crippen LogP contribution is -2.14. The second kappa shape index (κ2) is 8.24. The van der Waals surface area contributed by atoms with E-state index in [1.54, 1.807) is 24.3 Å². The van der Waals surface area contributed by atoms with Crippen LogP contribution in [0.5, 0.6) is 0 Å². The third kappa shape index (κ3) is 6.14. The maximum Gasteiger partial charge on any atom is 0.234 e. The molecule has 23 heavy (non-hydrogen) atoms. The van der Waals surface area contributed by atoms with Gasteiger partial charge in [0.15, 0.2) is 0 Å². The highest BCUT2D eigenvalue weighted by molar-refractivity contribution is 8.00. The van der Waals surface area contributed by atoms with Gasteiger partial charge in [0.25, 0.3) is 0 Å². The lowest BCUT2D eigenvalue weighted by atomic mass is 10.3. The number of carbonyl (C=O) groups is 2. The predicted molar refractivity (Wildman–Crippen MR) is 96.6 cm³/mol. The molecule has 0 saturated heterocycles. The molecule has 4 nitrogen and oxygen atoms in total. The molecule has 0 fully saturated rings. The molecule has 120 valence electrons. The van der Waals surface area contributed by atoms with Gasteiger partial charge >= 0.3 is 0 Å². The maximum absolute atomic E-state index is 12.0. The second-order valence-electron chi connectivity index (χ2n) is 4.70. The van der Waals surface area contributed by atoms with E-state index < -0.39 is 0 Å². The Bertz CT molecular complexity index is 718. The molecule has 2 N–H and O–H groups in total. The van der Waals surface area contributed by atoms with Crippen molar-refractivity contribution < 1.29 is 9.59 Å². The Labute approximate surface area is 148 Å². The maximum atomic E-state index is 12.0. The van der Waals surface area contributed by atoms with Crippen molar-refractivity contribution in [2.45, 2.75) is 11.8 Å². The molecular weight excluding hydrogens is 355 g/mol. The molecule has 0 aliphatic heterocycles. The Balaban J connectivity index is 1.92. The van der Waals surface area contributed by atoms with Gasteiger partial charge in [-0.3, -0.25) is 9.59 Å². The lowest BCUT2D eigenvalue weighted by molar-refractivity contribution is -0.114. The zero-order valence-electron chi connectivity index (χ0n) is 12.2. The first-order valence-electron chi connectivity index (χ1n) is 6.69. The van der Waals surface area contributed by atoms with Gasteiger partial charge in [-0.15, -0.1) is 11.8 Å². The number of benzene rings is 2. The average Bonchev–Trinajstić information content (AvgIpc) is 2.43. The van der Waals surface area contributed by atoms with Crippen molar-refractivity contribution in [2.75, 3.05) is 16.4 Å². The van der Waals surface area contributed by atoms with Crippen LogP contribution in [0.4, 0.5) is 11.4 Å². The van der Waals surface area contributed by atoms with Crippen LogP contribution in [0.15, 0.2) is 47.4 Å². The highest BCUT2D eigenvalue weighted by atomic mass is 35.5. The minimum Gasteiger partial charge on any atom is -0.326 e. The molecule has 2 amide bonds. The third-order valence-electron chi connectivity index (χ3n) is 2.67. The molecular formula is C16H14Cl2N2O2S. The molecule has 0 saturated carbocycles. The van der Waals surface area contributed by atoms with Gasteiger partial charge in [0.2, 0.25) is 11.8 Å². The molecule has 2 aromatic carbocycles. The molecule has 0 heterocycles. The van der Waals surface area contributed by atoms with Crippen LogP contribution in [0.3, 0.4) is 0 Å². The van der Waals surface area contributed by atoms with Crippen LogP contribution in [0, 0.1) is 0 Å². The molecule has 0 unspecified atom stereocenters. The summed E-state index contributed by atoms with van der Waals surface area (Å²) in [7, 11) is 0. The summed E-state index contributed by atoms with van der Waals surface area (Å²) in [6, 6.07) is 12.2. The molecule has 0 aromatic heterocycles. The zero-order valence-corrected chi connectivity index (χ0v) is 14.6. The van der Waals surface area contributed by atoms with E-state index in [2.05, 4.69) is 10.6 Å². The van der Waals surface area contributed by atoms with Gasteiger partial charge in [-0.25, -0.2) is 0 Å². The summed E-state index contributed by atoms with van der Waals surface area (Å²) in [5.74, 6) is -0.0748. The molecule has 0 aliphatic carbocycles. The fourth-order valence-electron chi connectivity index (χ4n) is 1.84. The first-order valence-corrected chi connectivity index (χ1v) is 8.43. The number of anilines is 2. The Morgan fingerprint density at radius 2 is 1.70 bits per heavy atom. The summed E-state index contributed by atoms with van der Waals surface area (Å²) < 4.78 is 0. The number of carbonyl (C=O) groups excluding carboxylic acids is 2. The second-order valence-corrected chi connectivity index (χ2v) is 6.63. The van der Waals surface area contributed by atoms with Crippen LogP contribution >= 0.6 is 35.0 Å². The van der Waals surface area contributed by atoms with E-state index in [1.165, 1.54) is 18.7 Å². The highest BCUT2D eigenvalue weighted by Crippen LogP contribution is 2.24. The van der Waals surface area contributed by atoms with Crippen LogP contribution in [0.25, 0.3) is 0 Å². The van der Waals surface area contributed by atoms with E-state index in [-0.39, 0.29) is 17.6 Å². The highest BCUT2D eigenvalue weighted by Gasteiger charge is 2.06. The molecule has 0 bridgehead atoms. The van der Waals surface area contributed by atoms with Crippen molar-refractivity contribution in [3.8, 4) is 0 Å². The zero-order chi connectivity index (χ0) is 16.8. The Morgan fingerprint density at radius 3 is 2.35 bits per heavy atom. The molecule has 0 spiro atoms. The first kappa shape index (κ1) is 17.7. The summed E-state index contributed by atoms with van der Waals surface area (Å²) >= 11 is 13.1.